The van der Waals surface area contributed by atoms with Crippen molar-refractivity contribution in [2.45, 2.75) is 6.92 Å². The summed E-state index contributed by atoms with van der Waals surface area (Å²) < 4.78 is 4.73. The number of nitrogen functional groups attached to an aromatic ring is 1. The van der Waals surface area contributed by atoms with E-state index in [0.29, 0.717) is 0 Å². The van der Waals surface area contributed by atoms with Crippen molar-refractivity contribution in [3.05, 3.63) is 29.6 Å². The lowest BCUT2D eigenvalue weighted by atomic mass is 10.2. The van der Waals surface area contributed by atoms with E-state index in [2.05, 4.69) is 4.98 Å². The second-order valence-corrected chi connectivity index (χ2v) is 2.63. The predicted molar refractivity (Wildman–Crippen MR) is 51.8 cm³/mol. The van der Waals surface area contributed by atoms with Gasteiger partial charge in [0.05, 0.1) is 12.2 Å². The van der Waals surface area contributed by atoms with Gasteiger partial charge in [0, 0.05) is 6.20 Å². The quantitative estimate of drug-likeness (QED) is 0.313. The summed E-state index contributed by atoms with van der Waals surface area (Å²) in [6.45, 7) is 1.99. The lowest BCUT2D eigenvalue weighted by molar-refractivity contribution is 0.0519. The third kappa shape index (κ3) is 2.75. The van der Waals surface area contributed by atoms with Crippen LogP contribution in [0.2, 0.25) is 0 Å². The normalized spacial score (nSPS) is 9.47. The van der Waals surface area contributed by atoms with Crippen molar-refractivity contribution >= 4 is 11.9 Å². The Hall–Kier alpha value is -1.95. The van der Waals surface area contributed by atoms with Crippen LogP contribution in [0.15, 0.2) is 18.3 Å². The molecule has 0 fully saturated rings. The summed E-state index contributed by atoms with van der Waals surface area (Å²) in [5, 5.41) is 0. The van der Waals surface area contributed by atoms with Crippen LogP contribution in [0.1, 0.15) is 27.8 Å². The molecule has 3 N–H and O–H groups in total. The summed E-state index contributed by atoms with van der Waals surface area (Å²) in [7, 11) is 0. The van der Waals surface area contributed by atoms with E-state index < -0.39 is 11.9 Å². The third-order valence-corrected chi connectivity index (χ3v) is 1.64. The van der Waals surface area contributed by atoms with Gasteiger partial charge >= 0.3 is 5.97 Å². The first-order valence-corrected chi connectivity index (χ1v) is 4.33. The minimum atomic E-state index is -0.516. The molecule has 0 aliphatic rings. The van der Waals surface area contributed by atoms with Crippen LogP contribution in [0, 0.1) is 0 Å². The monoisotopic (exact) mass is 209 g/mol. The number of carbonyl (C=O) groups excluding carboxylic acids is 2. The van der Waals surface area contributed by atoms with E-state index in [1.807, 2.05) is 5.43 Å². The van der Waals surface area contributed by atoms with Crippen LogP contribution in [-0.2, 0) is 4.74 Å². The Labute approximate surface area is 86.4 Å². The molecule has 1 aromatic rings. The van der Waals surface area contributed by atoms with Crippen molar-refractivity contribution in [2.24, 2.45) is 5.84 Å². The second kappa shape index (κ2) is 5.06. The van der Waals surface area contributed by atoms with E-state index in [1.165, 1.54) is 18.3 Å². The number of hydrazine groups is 1. The molecule has 15 heavy (non-hydrogen) atoms. The highest BCUT2D eigenvalue weighted by molar-refractivity contribution is 5.94. The summed E-state index contributed by atoms with van der Waals surface area (Å²) in [5.74, 6) is 3.95. The smallest absolute Gasteiger partial charge is 0.356 e. The zero-order chi connectivity index (χ0) is 11.3. The second-order valence-electron chi connectivity index (χ2n) is 2.63. The molecule has 0 unspecified atom stereocenters. The van der Waals surface area contributed by atoms with Crippen LogP contribution in [0.25, 0.3) is 0 Å². The molecule has 80 valence electrons. The predicted octanol–water partition coefficient (Wildman–Crippen LogP) is -0.138. The molecule has 0 saturated carbocycles. The van der Waals surface area contributed by atoms with Gasteiger partial charge in [-0.15, -0.1) is 0 Å². The molecule has 0 radical (unpaired) electrons. The Morgan fingerprint density at radius 2 is 2.27 bits per heavy atom. The SMILES string of the molecule is CCOC(=O)c1ccc(C(=O)NN)cn1. The highest BCUT2D eigenvalue weighted by atomic mass is 16.5. The zero-order valence-electron chi connectivity index (χ0n) is 8.19. The van der Waals surface area contributed by atoms with Gasteiger partial charge in [0.15, 0.2) is 0 Å². The van der Waals surface area contributed by atoms with Crippen molar-refractivity contribution in [3.63, 3.8) is 0 Å². The van der Waals surface area contributed by atoms with Crippen LogP contribution in [0.5, 0.6) is 0 Å². The maximum absolute atomic E-state index is 11.2. The largest absolute Gasteiger partial charge is 0.461 e. The first-order valence-electron chi connectivity index (χ1n) is 4.33. The van der Waals surface area contributed by atoms with Gasteiger partial charge in [-0.1, -0.05) is 0 Å². The van der Waals surface area contributed by atoms with Crippen molar-refractivity contribution in [2.75, 3.05) is 6.61 Å². The molecule has 0 saturated heterocycles. The minimum Gasteiger partial charge on any atom is -0.461 e. The van der Waals surface area contributed by atoms with Gasteiger partial charge in [-0.25, -0.2) is 15.6 Å². The number of aromatic nitrogens is 1. The fourth-order valence-electron chi connectivity index (χ4n) is 0.937. The maximum atomic E-state index is 11.2. The van der Waals surface area contributed by atoms with Crippen LogP contribution in [0.3, 0.4) is 0 Å². The van der Waals surface area contributed by atoms with Crippen LogP contribution >= 0.6 is 0 Å². The first-order chi connectivity index (χ1) is 7.19. The number of nitrogens with one attached hydrogen (secondary N) is 1. The molecule has 0 aliphatic heterocycles. The number of nitrogens with two attached hydrogens (primary N) is 1. The van der Waals surface area contributed by atoms with Gasteiger partial charge < -0.3 is 4.74 Å². The minimum absolute atomic E-state index is 0.158. The van der Waals surface area contributed by atoms with Crippen LogP contribution in [0.4, 0.5) is 0 Å². The maximum Gasteiger partial charge on any atom is 0.356 e. The van der Waals surface area contributed by atoms with Gasteiger partial charge in [-0.2, -0.15) is 0 Å². The van der Waals surface area contributed by atoms with E-state index >= 15 is 0 Å². The van der Waals surface area contributed by atoms with E-state index in [9.17, 15) is 9.59 Å². The Morgan fingerprint density at radius 3 is 2.73 bits per heavy atom. The number of amides is 1. The van der Waals surface area contributed by atoms with Crippen molar-refractivity contribution in [3.8, 4) is 0 Å². The van der Waals surface area contributed by atoms with Gasteiger partial charge in [-0.05, 0) is 19.1 Å². The number of nitrogens with zero attached hydrogens (tertiary/aromatic N) is 1. The first kappa shape index (κ1) is 11.1. The number of ether oxygens (including phenoxy) is 1. The van der Waals surface area contributed by atoms with E-state index in [4.69, 9.17) is 10.6 Å². The molecule has 0 spiro atoms. The Kier molecular flexibility index (Phi) is 3.75. The van der Waals surface area contributed by atoms with Crippen molar-refractivity contribution in [1.29, 1.82) is 0 Å². The molecule has 6 nitrogen and oxygen atoms in total. The number of hydrogen-bond acceptors (Lipinski definition) is 5. The summed E-state index contributed by atoms with van der Waals surface area (Å²) in [5.41, 5.74) is 2.40. The number of rotatable bonds is 3. The van der Waals surface area contributed by atoms with Crippen LogP contribution in [-0.4, -0.2) is 23.5 Å². The summed E-state index contributed by atoms with van der Waals surface area (Å²) in [4.78, 5) is 26.0. The average molecular weight is 209 g/mol. The Morgan fingerprint density at radius 1 is 1.53 bits per heavy atom. The fourth-order valence-corrected chi connectivity index (χ4v) is 0.937. The third-order valence-electron chi connectivity index (χ3n) is 1.64. The molecule has 1 aromatic heterocycles. The molecule has 0 atom stereocenters. The number of hydrogen-bond donors (Lipinski definition) is 2. The Bertz CT molecular complexity index is 361. The lowest BCUT2D eigenvalue weighted by Gasteiger charge is -2.02. The lowest BCUT2D eigenvalue weighted by Crippen LogP contribution is -2.30. The standard InChI is InChI=1S/C9H11N3O3/c1-2-15-9(14)7-4-3-6(5-11-7)8(13)12-10/h3-5H,2,10H2,1H3,(H,12,13). The molecular formula is C9H11N3O3. The van der Waals surface area contributed by atoms with E-state index in [1.54, 1.807) is 6.92 Å². The number of carbonyl (C=O) groups is 2. The number of pyridine rings is 1. The average Bonchev–Trinajstić information content (AvgIpc) is 2.28. The molecule has 1 amide bonds. The summed E-state index contributed by atoms with van der Waals surface area (Å²) >= 11 is 0. The summed E-state index contributed by atoms with van der Waals surface area (Å²) in [6.07, 6.45) is 1.26. The van der Waals surface area contributed by atoms with Gasteiger partial charge in [0.2, 0.25) is 0 Å². The van der Waals surface area contributed by atoms with Crippen molar-refractivity contribution < 1.29 is 14.3 Å². The highest BCUT2D eigenvalue weighted by Gasteiger charge is 2.09. The van der Waals surface area contributed by atoms with E-state index in [0.717, 1.165) is 0 Å². The summed E-state index contributed by atoms with van der Waals surface area (Å²) in [6, 6.07) is 2.85. The van der Waals surface area contributed by atoms with Gasteiger partial charge in [-0.3, -0.25) is 10.2 Å². The zero-order valence-corrected chi connectivity index (χ0v) is 8.19. The molecular weight excluding hydrogens is 198 g/mol. The molecule has 0 bridgehead atoms. The fraction of sp³-hybridized carbons (Fsp3) is 0.222. The topological polar surface area (TPSA) is 94.3 Å². The van der Waals surface area contributed by atoms with Crippen molar-refractivity contribution in [1.82, 2.24) is 10.4 Å². The Balaban J connectivity index is 2.80. The number of esters is 1. The van der Waals surface area contributed by atoms with Gasteiger partial charge in [0.25, 0.3) is 5.91 Å². The highest BCUT2D eigenvalue weighted by Crippen LogP contribution is 2.01. The molecule has 0 aromatic carbocycles. The van der Waals surface area contributed by atoms with E-state index in [-0.39, 0.29) is 17.9 Å². The molecule has 1 rings (SSSR count). The van der Waals surface area contributed by atoms with Crippen LogP contribution < -0.4 is 11.3 Å². The molecule has 6 heteroatoms. The molecule has 0 aliphatic carbocycles. The molecule has 1 heterocycles. The van der Waals surface area contributed by atoms with Gasteiger partial charge in [0.1, 0.15) is 5.69 Å².